The third kappa shape index (κ3) is 5.48. The van der Waals surface area contributed by atoms with Crippen molar-refractivity contribution in [2.75, 3.05) is 30.9 Å². The second kappa shape index (κ2) is 9.41. The Morgan fingerprint density at radius 3 is 2.32 bits per heavy atom. The summed E-state index contributed by atoms with van der Waals surface area (Å²) in [6.45, 7) is 3.09. The van der Waals surface area contributed by atoms with E-state index in [9.17, 15) is 4.79 Å². The molecule has 3 rings (SSSR count). The Kier molecular flexibility index (Phi) is 6.46. The molecule has 28 heavy (non-hydrogen) atoms. The maximum Gasteiger partial charge on any atom is 0.255 e. The van der Waals surface area contributed by atoms with Crippen LogP contribution in [0, 0.1) is 6.92 Å². The molecule has 0 saturated carbocycles. The number of nitrogens with zero attached hydrogens (tertiary/aromatic N) is 1. The number of aryl methyl sites for hydroxylation is 1. The van der Waals surface area contributed by atoms with Crippen LogP contribution in [-0.2, 0) is 0 Å². The van der Waals surface area contributed by atoms with E-state index >= 15 is 0 Å². The minimum Gasteiger partial charge on any atom is -0.497 e. The van der Waals surface area contributed by atoms with Crippen molar-refractivity contribution < 1.29 is 14.3 Å². The quantitative estimate of drug-likeness (QED) is 0.577. The first-order valence-corrected chi connectivity index (χ1v) is 8.99. The molecule has 0 fully saturated rings. The number of benzene rings is 2. The summed E-state index contributed by atoms with van der Waals surface area (Å²) in [5.74, 6) is 2.14. The molecule has 2 N–H and O–H groups in total. The van der Waals surface area contributed by atoms with Gasteiger partial charge < -0.3 is 20.1 Å². The lowest BCUT2D eigenvalue weighted by Crippen LogP contribution is -2.13. The number of amides is 1. The van der Waals surface area contributed by atoms with Crippen molar-refractivity contribution in [1.82, 2.24) is 4.98 Å². The van der Waals surface area contributed by atoms with E-state index < -0.39 is 0 Å². The van der Waals surface area contributed by atoms with Gasteiger partial charge in [-0.15, -0.1) is 0 Å². The zero-order chi connectivity index (χ0) is 19.8. The van der Waals surface area contributed by atoms with Gasteiger partial charge in [0.15, 0.2) is 0 Å². The van der Waals surface area contributed by atoms with Crippen molar-refractivity contribution in [3.63, 3.8) is 0 Å². The van der Waals surface area contributed by atoms with E-state index in [0.29, 0.717) is 30.2 Å². The van der Waals surface area contributed by atoms with E-state index in [1.54, 1.807) is 25.4 Å². The highest BCUT2D eigenvalue weighted by atomic mass is 16.5. The molecule has 0 atom stereocenters. The van der Waals surface area contributed by atoms with Gasteiger partial charge in [-0.3, -0.25) is 4.79 Å². The van der Waals surface area contributed by atoms with Crippen LogP contribution in [0.15, 0.2) is 66.9 Å². The maximum absolute atomic E-state index is 12.2. The van der Waals surface area contributed by atoms with Crippen LogP contribution in [0.1, 0.15) is 15.9 Å². The number of ether oxygens (including phenoxy) is 2. The van der Waals surface area contributed by atoms with Gasteiger partial charge in [0.05, 0.1) is 25.5 Å². The lowest BCUT2D eigenvalue weighted by atomic mass is 10.1. The Morgan fingerprint density at radius 2 is 1.68 bits per heavy atom. The zero-order valence-corrected chi connectivity index (χ0v) is 15.9. The van der Waals surface area contributed by atoms with Crippen LogP contribution in [0.2, 0.25) is 0 Å². The molecule has 6 heteroatoms. The van der Waals surface area contributed by atoms with Gasteiger partial charge in [0.25, 0.3) is 5.91 Å². The van der Waals surface area contributed by atoms with Crippen LogP contribution in [0.25, 0.3) is 0 Å². The van der Waals surface area contributed by atoms with Crippen molar-refractivity contribution in [3.8, 4) is 11.5 Å². The van der Waals surface area contributed by atoms with Crippen molar-refractivity contribution >= 4 is 17.4 Å². The Labute approximate surface area is 164 Å². The molecular weight excluding hydrogens is 354 g/mol. The topological polar surface area (TPSA) is 72.5 Å². The molecule has 1 aromatic heterocycles. The maximum atomic E-state index is 12.2. The number of aromatic nitrogens is 1. The second-order valence-corrected chi connectivity index (χ2v) is 6.20. The van der Waals surface area contributed by atoms with Crippen molar-refractivity contribution in [2.45, 2.75) is 6.92 Å². The Balaban J connectivity index is 1.43. The van der Waals surface area contributed by atoms with Crippen LogP contribution in [0.4, 0.5) is 11.5 Å². The fourth-order valence-corrected chi connectivity index (χ4v) is 2.50. The third-order valence-electron chi connectivity index (χ3n) is 4.07. The molecule has 1 heterocycles. The molecule has 0 spiro atoms. The number of carbonyl (C=O) groups is 1. The number of rotatable bonds is 8. The smallest absolute Gasteiger partial charge is 0.255 e. The normalized spacial score (nSPS) is 10.2. The molecule has 1 amide bonds. The summed E-state index contributed by atoms with van der Waals surface area (Å²) in [4.78, 5) is 16.5. The number of nitrogens with one attached hydrogen (secondary N) is 2. The SMILES string of the molecule is COc1ccc(OCCNc2ccc(NC(=O)c3ccc(C)cc3)cn2)cc1. The molecule has 0 unspecified atom stereocenters. The molecule has 144 valence electrons. The first-order valence-electron chi connectivity index (χ1n) is 8.99. The van der Waals surface area contributed by atoms with Crippen molar-refractivity contribution in [3.05, 3.63) is 78.0 Å². The number of hydrogen-bond donors (Lipinski definition) is 2. The van der Waals surface area contributed by atoms with Gasteiger partial charge in [-0.1, -0.05) is 17.7 Å². The zero-order valence-electron chi connectivity index (χ0n) is 15.9. The van der Waals surface area contributed by atoms with E-state index in [0.717, 1.165) is 17.1 Å². The number of carbonyl (C=O) groups excluding carboxylic acids is 1. The Bertz CT molecular complexity index is 892. The monoisotopic (exact) mass is 377 g/mol. The van der Waals surface area contributed by atoms with Crippen LogP contribution in [-0.4, -0.2) is 31.2 Å². The van der Waals surface area contributed by atoms with Gasteiger partial charge in [-0.2, -0.15) is 0 Å². The predicted molar refractivity (Wildman–Crippen MR) is 110 cm³/mol. The highest BCUT2D eigenvalue weighted by Crippen LogP contribution is 2.17. The molecule has 2 aromatic carbocycles. The van der Waals surface area contributed by atoms with E-state index in [-0.39, 0.29) is 5.91 Å². The van der Waals surface area contributed by atoms with E-state index in [1.807, 2.05) is 55.5 Å². The van der Waals surface area contributed by atoms with Crippen molar-refractivity contribution in [1.29, 1.82) is 0 Å². The van der Waals surface area contributed by atoms with Gasteiger partial charge in [-0.05, 0) is 55.5 Å². The van der Waals surface area contributed by atoms with Crippen LogP contribution >= 0.6 is 0 Å². The summed E-state index contributed by atoms with van der Waals surface area (Å²) in [7, 11) is 1.63. The van der Waals surface area contributed by atoms with Crippen LogP contribution < -0.4 is 20.1 Å². The molecule has 0 aliphatic heterocycles. The molecule has 0 aliphatic rings. The molecule has 0 saturated heterocycles. The standard InChI is InChI=1S/C22H23N3O3/c1-16-3-5-17(6-4-16)22(26)25-18-7-12-21(24-15-18)23-13-14-28-20-10-8-19(27-2)9-11-20/h3-12,15H,13-14H2,1-2H3,(H,23,24)(H,25,26). The Hall–Kier alpha value is -3.54. The highest BCUT2D eigenvalue weighted by molar-refractivity contribution is 6.04. The number of hydrogen-bond acceptors (Lipinski definition) is 5. The second-order valence-electron chi connectivity index (χ2n) is 6.20. The minimum absolute atomic E-state index is 0.157. The summed E-state index contributed by atoms with van der Waals surface area (Å²) in [6, 6.07) is 18.5. The molecule has 3 aromatic rings. The number of methoxy groups -OCH3 is 1. The van der Waals surface area contributed by atoms with Gasteiger partial charge in [-0.25, -0.2) is 4.98 Å². The van der Waals surface area contributed by atoms with Gasteiger partial charge in [0.1, 0.15) is 23.9 Å². The van der Waals surface area contributed by atoms with Gasteiger partial charge >= 0.3 is 0 Å². The average Bonchev–Trinajstić information content (AvgIpc) is 2.73. The first-order chi connectivity index (χ1) is 13.6. The highest BCUT2D eigenvalue weighted by Gasteiger charge is 2.06. The summed E-state index contributed by atoms with van der Waals surface area (Å²) >= 11 is 0. The predicted octanol–water partition coefficient (Wildman–Crippen LogP) is 4.14. The largest absolute Gasteiger partial charge is 0.497 e. The number of pyridine rings is 1. The third-order valence-corrected chi connectivity index (χ3v) is 4.07. The molecule has 0 bridgehead atoms. The fourth-order valence-electron chi connectivity index (χ4n) is 2.50. The summed E-state index contributed by atoms with van der Waals surface area (Å²) in [5.41, 5.74) is 2.37. The fraction of sp³-hybridized carbons (Fsp3) is 0.182. The van der Waals surface area contributed by atoms with Gasteiger partial charge in [0.2, 0.25) is 0 Å². The summed E-state index contributed by atoms with van der Waals surface area (Å²) < 4.78 is 10.8. The lowest BCUT2D eigenvalue weighted by molar-refractivity contribution is 0.102. The van der Waals surface area contributed by atoms with Crippen LogP contribution in [0.3, 0.4) is 0 Å². The van der Waals surface area contributed by atoms with Gasteiger partial charge in [0, 0.05) is 5.56 Å². The van der Waals surface area contributed by atoms with Crippen molar-refractivity contribution in [2.24, 2.45) is 0 Å². The lowest BCUT2D eigenvalue weighted by Gasteiger charge is -2.10. The molecule has 0 aliphatic carbocycles. The Morgan fingerprint density at radius 1 is 0.964 bits per heavy atom. The van der Waals surface area contributed by atoms with E-state index in [4.69, 9.17) is 9.47 Å². The van der Waals surface area contributed by atoms with E-state index in [1.165, 1.54) is 0 Å². The first kappa shape index (κ1) is 19.2. The molecule has 6 nitrogen and oxygen atoms in total. The minimum atomic E-state index is -0.157. The van der Waals surface area contributed by atoms with Crippen LogP contribution in [0.5, 0.6) is 11.5 Å². The molecular formula is C22H23N3O3. The number of anilines is 2. The molecule has 0 radical (unpaired) electrons. The average molecular weight is 377 g/mol. The van der Waals surface area contributed by atoms with E-state index in [2.05, 4.69) is 15.6 Å². The summed E-state index contributed by atoms with van der Waals surface area (Å²) in [5, 5.41) is 6.02. The summed E-state index contributed by atoms with van der Waals surface area (Å²) in [6.07, 6.45) is 1.62.